The Labute approximate surface area is 183 Å². The first-order valence-electron chi connectivity index (χ1n) is 11.9. The van der Waals surface area contributed by atoms with Crippen LogP contribution in [0, 0.1) is 5.92 Å². The van der Waals surface area contributed by atoms with Gasteiger partial charge < -0.3 is 9.47 Å². The average molecular weight is 413 g/mol. The Morgan fingerprint density at radius 1 is 0.833 bits per heavy atom. The van der Waals surface area contributed by atoms with Gasteiger partial charge in [0.05, 0.1) is 19.4 Å². The quantitative estimate of drug-likeness (QED) is 0.268. The number of aromatic nitrogens is 2. The zero-order valence-electron chi connectivity index (χ0n) is 19.2. The van der Waals surface area contributed by atoms with Gasteiger partial charge in [0.1, 0.15) is 17.8 Å². The fourth-order valence-electron chi connectivity index (χ4n) is 3.36. The van der Waals surface area contributed by atoms with Crippen LogP contribution in [0.3, 0.4) is 0 Å². The predicted molar refractivity (Wildman–Crippen MR) is 125 cm³/mol. The molecule has 166 valence electrons. The van der Waals surface area contributed by atoms with Gasteiger partial charge in [0.25, 0.3) is 0 Å². The molecule has 0 fully saturated rings. The van der Waals surface area contributed by atoms with Crippen LogP contribution in [0.25, 0.3) is 11.3 Å². The highest BCUT2D eigenvalue weighted by Gasteiger charge is 2.14. The zero-order valence-corrected chi connectivity index (χ0v) is 19.2. The van der Waals surface area contributed by atoms with Crippen molar-refractivity contribution in [1.29, 1.82) is 0 Å². The number of benzene rings is 1. The number of unbranched alkanes of at least 4 members (excludes halogenated alkanes) is 8. The molecule has 0 N–H and O–H groups in total. The number of nitrogens with zero attached hydrogens (tertiary/aromatic N) is 2. The summed E-state index contributed by atoms with van der Waals surface area (Å²) in [5.74, 6) is 2.08. The standard InChI is InChI=1S/C26H40N2O2/c1-4-6-7-8-9-10-11-12-15-18-29-24-17-14-13-16-23(24)26-25(19-27-21-28-26)30-20-22(3)5-2/h13-14,16-17,19,21-22H,4-12,15,18,20H2,1-3H3. The normalized spacial score (nSPS) is 12.0. The Morgan fingerprint density at radius 2 is 1.53 bits per heavy atom. The van der Waals surface area contributed by atoms with Gasteiger partial charge in [-0.05, 0) is 24.5 Å². The lowest BCUT2D eigenvalue weighted by atomic mass is 10.1. The molecule has 1 atom stereocenters. The van der Waals surface area contributed by atoms with Crippen molar-refractivity contribution in [3.05, 3.63) is 36.8 Å². The van der Waals surface area contributed by atoms with E-state index < -0.39 is 0 Å². The molecule has 0 radical (unpaired) electrons. The van der Waals surface area contributed by atoms with Crippen LogP contribution in [-0.4, -0.2) is 23.2 Å². The van der Waals surface area contributed by atoms with Crippen LogP contribution in [0.4, 0.5) is 0 Å². The van der Waals surface area contributed by atoms with E-state index in [-0.39, 0.29) is 0 Å². The smallest absolute Gasteiger partial charge is 0.164 e. The molecule has 0 saturated carbocycles. The van der Waals surface area contributed by atoms with E-state index >= 15 is 0 Å². The van der Waals surface area contributed by atoms with Gasteiger partial charge in [-0.2, -0.15) is 0 Å². The molecule has 4 nitrogen and oxygen atoms in total. The summed E-state index contributed by atoms with van der Waals surface area (Å²) in [4.78, 5) is 8.65. The summed E-state index contributed by atoms with van der Waals surface area (Å²) in [5.41, 5.74) is 1.77. The molecule has 4 heteroatoms. The van der Waals surface area contributed by atoms with Gasteiger partial charge >= 0.3 is 0 Å². The molecule has 1 unspecified atom stereocenters. The van der Waals surface area contributed by atoms with Crippen LogP contribution in [0.2, 0.25) is 0 Å². The minimum absolute atomic E-state index is 0.496. The van der Waals surface area contributed by atoms with Crippen LogP contribution in [-0.2, 0) is 0 Å². The minimum atomic E-state index is 0.496. The first-order valence-corrected chi connectivity index (χ1v) is 11.9. The van der Waals surface area contributed by atoms with E-state index in [0.717, 1.165) is 42.2 Å². The summed E-state index contributed by atoms with van der Waals surface area (Å²) in [6.07, 6.45) is 16.2. The second kappa shape index (κ2) is 14.8. The molecule has 0 amide bonds. The Kier molecular flexibility index (Phi) is 11.9. The number of ether oxygens (including phenoxy) is 2. The van der Waals surface area contributed by atoms with E-state index in [1.54, 1.807) is 12.5 Å². The Hall–Kier alpha value is -2.10. The molecular weight excluding hydrogens is 372 g/mol. The molecule has 1 heterocycles. The van der Waals surface area contributed by atoms with Crippen molar-refractivity contribution in [3.8, 4) is 22.8 Å². The SMILES string of the molecule is CCCCCCCCCCCOc1ccccc1-c1ncncc1OCC(C)CC. The Bertz CT molecular complexity index is 705. The predicted octanol–water partition coefficient (Wildman–Crippen LogP) is 7.48. The monoisotopic (exact) mass is 412 g/mol. The molecule has 1 aromatic carbocycles. The summed E-state index contributed by atoms with van der Waals surface area (Å²) in [6, 6.07) is 8.09. The summed E-state index contributed by atoms with van der Waals surface area (Å²) in [6.45, 7) is 8.03. The van der Waals surface area contributed by atoms with Crippen LogP contribution in [0.1, 0.15) is 85.0 Å². The van der Waals surface area contributed by atoms with Gasteiger partial charge in [0, 0.05) is 5.56 Å². The number of rotatable bonds is 16. The van der Waals surface area contributed by atoms with Gasteiger partial charge in [0.2, 0.25) is 0 Å². The summed E-state index contributed by atoms with van der Waals surface area (Å²) in [7, 11) is 0. The third kappa shape index (κ3) is 8.73. The van der Waals surface area contributed by atoms with Gasteiger partial charge in [-0.1, -0.05) is 90.7 Å². The van der Waals surface area contributed by atoms with Gasteiger partial charge in [0.15, 0.2) is 5.75 Å². The highest BCUT2D eigenvalue weighted by Crippen LogP contribution is 2.34. The molecule has 1 aromatic heterocycles. The largest absolute Gasteiger partial charge is 0.493 e. The van der Waals surface area contributed by atoms with Crippen molar-refractivity contribution in [1.82, 2.24) is 9.97 Å². The first-order chi connectivity index (χ1) is 14.8. The third-order valence-corrected chi connectivity index (χ3v) is 5.55. The maximum atomic E-state index is 6.14. The lowest BCUT2D eigenvalue weighted by Crippen LogP contribution is -2.09. The topological polar surface area (TPSA) is 44.2 Å². The number of hydrogen-bond donors (Lipinski definition) is 0. The summed E-state index contributed by atoms with van der Waals surface area (Å²) in [5, 5.41) is 0. The second-order valence-corrected chi connectivity index (χ2v) is 8.23. The van der Waals surface area contributed by atoms with Crippen LogP contribution in [0.15, 0.2) is 36.8 Å². The Morgan fingerprint density at radius 3 is 2.27 bits per heavy atom. The van der Waals surface area contributed by atoms with E-state index in [1.807, 2.05) is 24.3 Å². The lowest BCUT2D eigenvalue weighted by molar-refractivity contribution is 0.255. The minimum Gasteiger partial charge on any atom is -0.493 e. The van der Waals surface area contributed by atoms with Crippen molar-refractivity contribution in [2.45, 2.75) is 85.0 Å². The Balaban J connectivity index is 1.84. The van der Waals surface area contributed by atoms with Gasteiger partial charge in [-0.15, -0.1) is 0 Å². The van der Waals surface area contributed by atoms with E-state index in [2.05, 4.69) is 30.7 Å². The molecule has 0 aliphatic rings. The maximum Gasteiger partial charge on any atom is 0.164 e. The second-order valence-electron chi connectivity index (χ2n) is 8.23. The summed E-state index contributed by atoms with van der Waals surface area (Å²) >= 11 is 0. The highest BCUT2D eigenvalue weighted by atomic mass is 16.5. The maximum absolute atomic E-state index is 6.14. The molecule has 0 aliphatic carbocycles. The third-order valence-electron chi connectivity index (χ3n) is 5.55. The van der Waals surface area contributed by atoms with Crippen molar-refractivity contribution in [2.24, 2.45) is 5.92 Å². The van der Waals surface area contributed by atoms with Crippen LogP contribution in [0.5, 0.6) is 11.5 Å². The van der Waals surface area contributed by atoms with Gasteiger partial charge in [-0.25, -0.2) is 9.97 Å². The van der Waals surface area contributed by atoms with E-state index in [1.165, 1.54) is 51.4 Å². The molecule has 0 bridgehead atoms. The first kappa shape index (κ1) is 24.2. The molecule has 0 aliphatic heterocycles. The molecule has 0 spiro atoms. The molecule has 30 heavy (non-hydrogen) atoms. The average Bonchev–Trinajstić information content (AvgIpc) is 2.79. The molecular formula is C26H40N2O2. The molecule has 2 aromatic rings. The lowest BCUT2D eigenvalue weighted by Gasteiger charge is -2.15. The zero-order chi connectivity index (χ0) is 21.4. The number of hydrogen-bond acceptors (Lipinski definition) is 4. The van der Waals surface area contributed by atoms with Crippen LogP contribution < -0.4 is 9.47 Å². The van der Waals surface area contributed by atoms with Crippen LogP contribution >= 0.6 is 0 Å². The van der Waals surface area contributed by atoms with Crippen molar-refractivity contribution in [2.75, 3.05) is 13.2 Å². The molecule has 2 rings (SSSR count). The fraction of sp³-hybridized carbons (Fsp3) is 0.615. The van der Waals surface area contributed by atoms with E-state index in [4.69, 9.17) is 9.47 Å². The molecule has 0 saturated heterocycles. The summed E-state index contributed by atoms with van der Waals surface area (Å²) < 4.78 is 12.2. The number of para-hydroxylation sites is 1. The highest BCUT2D eigenvalue weighted by molar-refractivity contribution is 5.71. The fourth-order valence-corrected chi connectivity index (χ4v) is 3.36. The van der Waals surface area contributed by atoms with E-state index in [0.29, 0.717) is 12.5 Å². The van der Waals surface area contributed by atoms with Crippen molar-refractivity contribution < 1.29 is 9.47 Å². The van der Waals surface area contributed by atoms with Crippen molar-refractivity contribution in [3.63, 3.8) is 0 Å². The van der Waals surface area contributed by atoms with E-state index in [9.17, 15) is 0 Å². The van der Waals surface area contributed by atoms with Crippen molar-refractivity contribution >= 4 is 0 Å². The van der Waals surface area contributed by atoms with Gasteiger partial charge in [-0.3, -0.25) is 0 Å².